The number of nitrogens with zero attached hydrogens (tertiary/aromatic N) is 3. The number of hydrogen-bond acceptors (Lipinski definition) is 4. The summed E-state index contributed by atoms with van der Waals surface area (Å²) in [6, 6.07) is 18.4. The molecule has 0 atom stereocenters. The van der Waals surface area contributed by atoms with Crippen molar-refractivity contribution in [2.75, 3.05) is 0 Å². The van der Waals surface area contributed by atoms with Gasteiger partial charge < -0.3 is 4.74 Å². The Morgan fingerprint density at radius 1 is 1.00 bits per heavy atom. The van der Waals surface area contributed by atoms with Gasteiger partial charge in [0.1, 0.15) is 5.75 Å². The van der Waals surface area contributed by atoms with Gasteiger partial charge in [-0.2, -0.15) is 0 Å². The molecule has 0 saturated carbocycles. The fraction of sp³-hybridized carbons (Fsp3) is 0.0625. The van der Waals surface area contributed by atoms with E-state index in [4.69, 9.17) is 4.74 Å². The highest BCUT2D eigenvalue weighted by molar-refractivity contribution is 5.90. The molecule has 0 bridgehead atoms. The first-order chi connectivity index (χ1) is 10.3. The predicted octanol–water partition coefficient (Wildman–Crippen LogP) is 2.79. The lowest BCUT2D eigenvalue weighted by Gasteiger charge is -2.04. The van der Waals surface area contributed by atoms with E-state index in [1.807, 2.05) is 36.4 Å². The standard InChI is InChI=1S/C16H13N3O2/c1-12-15(16(20)21-14-10-6-3-7-11-14)17-18-19(12)13-8-4-2-5-9-13/h2-11H,1H3. The molecule has 21 heavy (non-hydrogen) atoms. The van der Waals surface area contributed by atoms with Gasteiger partial charge in [0.2, 0.25) is 0 Å². The van der Waals surface area contributed by atoms with E-state index in [1.54, 1.807) is 35.9 Å². The minimum absolute atomic E-state index is 0.211. The highest BCUT2D eigenvalue weighted by atomic mass is 16.5. The van der Waals surface area contributed by atoms with Crippen LogP contribution in [0.3, 0.4) is 0 Å². The van der Waals surface area contributed by atoms with Gasteiger partial charge in [-0.3, -0.25) is 0 Å². The Hall–Kier alpha value is -2.95. The quantitative estimate of drug-likeness (QED) is 0.546. The molecule has 0 amide bonds. The van der Waals surface area contributed by atoms with Crippen LogP contribution in [-0.4, -0.2) is 21.0 Å². The van der Waals surface area contributed by atoms with Crippen molar-refractivity contribution in [3.8, 4) is 11.4 Å². The molecule has 5 nitrogen and oxygen atoms in total. The lowest BCUT2D eigenvalue weighted by molar-refractivity contribution is 0.0727. The third-order valence-electron chi connectivity index (χ3n) is 3.04. The minimum Gasteiger partial charge on any atom is -0.422 e. The van der Waals surface area contributed by atoms with Crippen LogP contribution in [0.15, 0.2) is 60.7 Å². The van der Waals surface area contributed by atoms with Gasteiger partial charge in [-0.1, -0.05) is 41.6 Å². The molecule has 3 rings (SSSR count). The van der Waals surface area contributed by atoms with Crippen LogP contribution in [0, 0.1) is 6.92 Å². The van der Waals surface area contributed by atoms with Crippen molar-refractivity contribution in [2.45, 2.75) is 6.92 Å². The van der Waals surface area contributed by atoms with Crippen LogP contribution in [0.2, 0.25) is 0 Å². The number of carbonyl (C=O) groups excluding carboxylic acids is 1. The molecule has 0 N–H and O–H groups in total. The maximum absolute atomic E-state index is 12.1. The van der Waals surface area contributed by atoms with Crippen LogP contribution in [0.5, 0.6) is 5.75 Å². The molecule has 0 unspecified atom stereocenters. The second-order valence-corrected chi connectivity index (χ2v) is 4.47. The number of benzene rings is 2. The molecule has 0 radical (unpaired) electrons. The first-order valence-corrected chi connectivity index (χ1v) is 6.50. The summed E-state index contributed by atoms with van der Waals surface area (Å²) in [6.45, 7) is 1.79. The Morgan fingerprint density at radius 3 is 2.29 bits per heavy atom. The van der Waals surface area contributed by atoms with E-state index in [0.717, 1.165) is 5.69 Å². The molecule has 0 aliphatic heterocycles. The highest BCUT2D eigenvalue weighted by Gasteiger charge is 2.19. The largest absolute Gasteiger partial charge is 0.422 e. The minimum atomic E-state index is -0.513. The van der Waals surface area contributed by atoms with E-state index in [9.17, 15) is 4.79 Å². The van der Waals surface area contributed by atoms with Crippen molar-refractivity contribution in [1.29, 1.82) is 0 Å². The third kappa shape index (κ3) is 2.67. The number of esters is 1. The second kappa shape index (κ2) is 5.58. The molecule has 2 aromatic carbocycles. The Bertz CT molecular complexity index is 752. The van der Waals surface area contributed by atoms with E-state index >= 15 is 0 Å². The summed E-state index contributed by atoms with van der Waals surface area (Å²) in [4.78, 5) is 12.1. The molecule has 0 fully saturated rings. The zero-order chi connectivity index (χ0) is 14.7. The maximum atomic E-state index is 12.1. The van der Waals surface area contributed by atoms with Crippen LogP contribution in [-0.2, 0) is 0 Å². The van der Waals surface area contributed by atoms with Gasteiger partial charge in [-0.05, 0) is 31.2 Å². The molecule has 0 saturated heterocycles. The van der Waals surface area contributed by atoms with Crippen molar-refractivity contribution in [3.63, 3.8) is 0 Å². The Morgan fingerprint density at radius 2 is 1.62 bits per heavy atom. The number of carbonyl (C=O) groups is 1. The Labute approximate surface area is 121 Å². The summed E-state index contributed by atoms with van der Waals surface area (Å²) < 4.78 is 6.89. The molecule has 0 aliphatic rings. The molecule has 104 valence electrons. The van der Waals surface area contributed by atoms with E-state index in [2.05, 4.69) is 10.3 Å². The first kappa shape index (κ1) is 13.1. The fourth-order valence-electron chi connectivity index (χ4n) is 1.98. The van der Waals surface area contributed by atoms with E-state index in [0.29, 0.717) is 11.4 Å². The molecule has 5 heteroatoms. The molecule has 3 aromatic rings. The Kier molecular flexibility index (Phi) is 3.47. The zero-order valence-corrected chi connectivity index (χ0v) is 11.4. The molecule has 1 aromatic heterocycles. The SMILES string of the molecule is Cc1c(C(=O)Oc2ccccc2)nnn1-c1ccccc1. The van der Waals surface area contributed by atoms with Crippen LogP contribution in [0.25, 0.3) is 5.69 Å². The van der Waals surface area contributed by atoms with Crippen molar-refractivity contribution in [2.24, 2.45) is 0 Å². The summed E-state index contributed by atoms with van der Waals surface area (Å²) in [7, 11) is 0. The number of ether oxygens (including phenoxy) is 1. The van der Waals surface area contributed by atoms with Gasteiger partial charge in [0, 0.05) is 0 Å². The van der Waals surface area contributed by atoms with Gasteiger partial charge in [-0.15, -0.1) is 5.10 Å². The molecule has 0 spiro atoms. The second-order valence-electron chi connectivity index (χ2n) is 4.47. The number of para-hydroxylation sites is 2. The average molecular weight is 279 g/mol. The van der Waals surface area contributed by atoms with Crippen LogP contribution in [0.4, 0.5) is 0 Å². The van der Waals surface area contributed by atoms with E-state index in [1.165, 1.54) is 0 Å². The number of hydrogen-bond donors (Lipinski definition) is 0. The first-order valence-electron chi connectivity index (χ1n) is 6.50. The predicted molar refractivity (Wildman–Crippen MR) is 77.5 cm³/mol. The number of rotatable bonds is 3. The van der Waals surface area contributed by atoms with Gasteiger partial charge in [0.15, 0.2) is 5.69 Å². The molecule has 1 heterocycles. The van der Waals surface area contributed by atoms with E-state index in [-0.39, 0.29) is 5.69 Å². The smallest absolute Gasteiger partial charge is 0.366 e. The lowest BCUT2D eigenvalue weighted by atomic mass is 10.3. The van der Waals surface area contributed by atoms with Crippen molar-refractivity contribution in [3.05, 3.63) is 72.1 Å². The van der Waals surface area contributed by atoms with Crippen LogP contribution >= 0.6 is 0 Å². The summed E-state index contributed by atoms with van der Waals surface area (Å²) in [6.07, 6.45) is 0. The summed E-state index contributed by atoms with van der Waals surface area (Å²) in [5.74, 6) is -0.0305. The van der Waals surface area contributed by atoms with Gasteiger partial charge in [0.05, 0.1) is 11.4 Å². The number of aromatic nitrogens is 3. The third-order valence-corrected chi connectivity index (χ3v) is 3.04. The summed E-state index contributed by atoms with van der Waals surface area (Å²) >= 11 is 0. The molecular formula is C16H13N3O2. The topological polar surface area (TPSA) is 57.0 Å². The van der Waals surface area contributed by atoms with Crippen molar-refractivity contribution < 1.29 is 9.53 Å². The van der Waals surface area contributed by atoms with E-state index < -0.39 is 5.97 Å². The van der Waals surface area contributed by atoms with Crippen molar-refractivity contribution in [1.82, 2.24) is 15.0 Å². The summed E-state index contributed by atoms with van der Waals surface area (Å²) in [5.41, 5.74) is 1.70. The van der Waals surface area contributed by atoms with Gasteiger partial charge in [-0.25, -0.2) is 9.48 Å². The lowest BCUT2D eigenvalue weighted by Crippen LogP contribution is -2.11. The van der Waals surface area contributed by atoms with Gasteiger partial charge in [0.25, 0.3) is 0 Å². The normalized spacial score (nSPS) is 10.3. The zero-order valence-electron chi connectivity index (χ0n) is 11.4. The van der Waals surface area contributed by atoms with Crippen LogP contribution in [0.1, 0.15) is 16.2 Å². The highest BCUT2D eigenvalue weighted by Crippen LogP contribution is 2.15. The van der Waals surface area contributed by atoms with Crippen LogP contribution < -0.4 is 4.74 Å². The monoisotopic (exact) mass is 279 g/mol. The molecule has 0 aliphatic carbocycles. The summed E-state index contributed by atoms with van der Waals surface area (Å²) in [5, 5.41) is 7.94. The average Bonchev–Trinajstić information content (AvgIpc) is 2.91. The van der Waals surface area contributed by atoms with Gasteiger partial charge >= 0.3 is 5.97 Å². The Balaban J connectivity index is 1.87. The maximum Gasteiger partial charge on any atom is 0.366 e. The van der Waals surface area contributed by atoms with Crippen molar-refractivity contribution >= 4 is 5.97 Å². The fourth-order valence-corrected chi connectivity index (χ4v) is 1.98. The molecular weight excluding hydrogens is 266 g/mol.